The Hall–Kier alpha value is -0.0700. The Morgan fingerprint density at radius 3 is 2.25 bits per heavy atom. The molecule has 0 aromatic heterocycles. The molecule has 0 aromatic rings. The molecule has 48 valence electrons. The van der Waals surface area contributed by atoms with Crippen LogP contribution >= 0.6 is 7.26 Å². The molecule has 2 nitrogen and oxygen atoms in total. The van der Waals surface area contributed by atoms with Crippen molar-refractivity contribution in [3.63, 3.8) is 0 Å². The van der Waals surface area contributed by atoms with Gasteiger partial charge in [-0.15, -0.1) is 0 Å². The van der Waals surface area contributed by atoms with Crippen molar-refractivity contribution in [1.82, 2.24) is 0 Å². The van der Waals surface area contributed by atoms with Gasteiger partial charge in [0.1, 0.15) is 7.26 Å². The fourth-order valence-corrected chi connectivity index (χ4v) is 0.861. The van der Waals surface area contributed by atoms with Gasteiger partial charge in [0.15, 0.2) is 0 Å². The predicted octanol–water partition coefficient (Wildman–Crippen LogP) is 1.63. The van der Waals surface area contributed by atoms with E-state index in [4.69, 9.17) is 4.52 Å². The molecule has 0 rings (SSSR count). The molecule has 0 N–H and O–H groups in total. The zero-order chi connectivity index (χ0) is 6.62. The average Bonchev–Trinajstić information content (AvgIpc) is 1.87. The molecular weight excluding hydrogens is 121 g/mol. The summed E-state index contributed by atoms with van der Waals surface area (Å²) < 4.78 is 8.79. The minimum Gasteiger partial charge on any atom is -0.344 e. The van der Waals surface area contributed by atoms with Gasteiger partial charge in [-0.2, -0.15) is 0 Å². The molecule has 1 atom stereocenters. The summed E-state index contributed by atoms with van der Waals surface area (Å²) >= 11 is 0. The smallest absolute Gasteiger partial charge is 0.103 e. The summed E-state index contributed by atoms with van der Waals surface area (Å²) in [5.74, 6) is 0. The van der Waals surface area contributed by atoms with Crippen molar-refractivity contribution in [3.05, 3.63) is 0 Å². The van der Waals surface area contributed by atoms with Crippen molar-refractivity contribution in [2.24, 2.45) is 4.76 Å². The second kappa shape index (κ2) is 3.06. The standard InChI is InChI=1S/C5H12NOP/c1-5-8(4,6-2)7-3/h2,4-5H2,1,3H3. The van der Waals surface area contributed by atoms with Crippen LogP contribution in [-0.2, 0) is 4.52 Å². The van der Waals surface area contributed by atoms with Crippen molar-refractivity contribution in [1.29, 1.82) is 0 Å². The summed E-state index contributed by atoms with van der Waals surface area (Å²) in [4.78, 5) is 0. The number of hydrogen-bond donors (Lipinski definition) is 0. The van der Waals surface area contributed by atoms with Gasteiger partial charge in [-0.3, -0.25) is 4.76 Å². The van der Waals surface area contributed by atoms with E-state index in [-0.39, 0.29) is 0 Å². The van der Waals surface area contributed by atoms with Gasteiger partial charge in [0, 0.05) is 13.3 Å². The number of nitrogens with zero attached hydrogens (tertiary/aromatic N) is 1. The summed E-state index contributed by atoms with van der Waals surface area (Å²) in [6, 6.07) is 0. The molecule has 0 fully saturated rings. The highest BCUT2D eigenvalue weighted by atomic mass is 31.2. The van der Waals surface area contributed by atoms with Crippen LogP contribution < -0.4 is 0 Å². The highest BCUT2D eigenvalue weighted by Crippen LogP contribution is 2.45. The summed E-state index contributed by atoms with van der Waals surface area (Å²) in [5, 5.41) is 0. The van der Waals surface area contributed by atoms with E-state index in [2.05, 4.69) is 17.8 Å². The van der Waals surface area contributed by atoms with Crippen LogP contribution in [0, 0.1) is 0 Å². The lowest BCUT2D eigenvalue weighted by atomic mass is 11.0. The molecule has 3 heteroatoms. The topological polar surface area (TPSA) is 21.6 Å². The summed E-state index contributed by atoms with van der Waals surface area (Å²) in [7, 11) is -0.0242. The lowest BCUT2D eigenvalue weighted by Gasteiger charge is -2.12. The van der Waals surface area contributed by atoms with Gasteiger partial charge in [0.2, 0.25) is 0 Å². The zero-order valence-corrected chi connectivity index (χ0v) is 6.32. The molecule has 0 heterocycles. The summed E-state index contributed by atoms with van der Waals surface area (Å²) in [6.45, 7) is 5.39. The minimum absolute atomic E-state index is 0.868. The maximum Gasteiger partial charge on any atom is 0.103 e. The van der Waals surface area contributed by atoms with E-state index in [1.54, 1.807) is 7.11 Å². The van der Waals surface area contributed by atoms with E-state index in [0.29, 0.717) is 0 Å². The van der Waals surface area contributed by atoms with Gasteiger partial charge < -0.3 is 4.52 Å². The van der Waals surface area contributed by atoms with Crippen LogP contribution in [0.15, 0.2) is 4.76 Å². The summed E-state index contributed by atoms with van der Waals surface area (Å²) in [5.41, 5.74) is 0. The van der Waals surface area contributed by atoms with Crippen molar-refractivity contribution in [2.75, 3.05) is 13.3 Å². The summed E-state index contributed by atoms with van der Waals surface area (Å²) in [6.07, 6.45) is 4.65. The van der Waals surface area contributed by atoms with Gasteiger partial charge >= 0.3 is 0 Å². The third-order valence-corrected chi connectivity index (χ3v) is 3.28. The molecule has 0 aliphatic heterocycles. The minimum atomic E-state index is -1.65. The van der Waals surface area contributed by atoms with E-state index in [1.165, 1.54) is 0 Å². The third-order valence-electron chi connectivity index (χ3n) is 1.09. The molecule has 0 aromatic carbocycles. The zero-order valence-electron chi connectivity index (χ0n) is 5.42. The van der Waals surface area contributed by atoms with Crippen LogP contribution in [0.4, 0.5) is 0 Å². The highest BCUT2D eigenvalue weighted by molar-refractivity contribution is 7.67. The molecule has 1 unspecified atom stereocenters. The van der Waals surface area contributed by atoms with Gasteiger partial charge in [-0.05, 0) is 6.72 Å². The fourth-order valence-electron chi connectivity index (χ4n) is 0.287. The maximum atomic E-state index is 5.01. The van der Waals surface area contributed by atoms with Crippen molar-refractivity contribution in [2.45, 2.75) is 6.92 Å². The van der Waals surface area contributed by atoms with Gasteiger partial charge in [0.25, 0.3) is 0 Å². The Morgan fingerprint density at radius 2 is 2.25 bits per heavy atom. The van der Waals surface area contributed by atoms with Crippen LogP contribution in [0.2, 0.25) is 0 Å². The first-order valence-electron chi connectivity index (χ1n) is 2.45. The Morgan fingerprint density at radius 1 is 1.75 bits per heavy atom. The van der Waals surface area contributed by atoms with Crippen molar-refractivity contribution < 1.29 is 4.52 Å². The Labute approximate surface area is 50.7 Å². The van der Waals surface area contributed by atoms with E-state index in [1.807, 2.05) is 6.92 Å². The van der Waals surface area contributed by atoms with Gasteiger partial charge in [-0.1, -0.05) is 13.2 Å². The Balaban J connectivity index is 3.99. The number of hydrogen-bond acceptors (Lipinski definition) is 2. The second-order valence-electron chi connectivity index (χ2n) is 1.49. The molecule has 0 bridgehead atoms. The molecule has 0 aliphatic rings. The normalized spacial score (nSPS) is 17.2. The monoisotopic (exact) mass is 133 g/mol. The highest BCUT2D eigenvalue weighted by Gasteiger charge is 2.03. The first-order chi connectivity index (χ1) is 3.68. The number of rotatable bonds is 3. The third kappa shape index (κ3) is 1.81. The van der Waals surface area contributed by atoms with E-state index >= 15 is 0 Å². The van der Waals surface area contributed by atoms with E-state index in [9.17, 15) is 0 Å². The fraction of sp³-hybridized carbons (Fsp3) is 0.600. The Bertz CT molecular complexity index is 114. The average molecular weight is 133 g/mol. The molecule has 0 saturated heterocycles. The molecule has 0 saturated carbocycles. The SMILES string of the molecule is C=NP(=C)(CC)OC. The molecule has 8 heavy (non-hydrogen) atoms. The Kier molecular flexibility index (Phi) is 3.03. The van der Waals surface area contributed by atoms with Crippen LogP contribution in [0.5, 0.6) is 0 Å². The lowest BCUT2D eigenvalue weighted by molar-refractivity contribution is 0.459. The predicted molar refractivity (Wildman–Crippen MR) is 41.1 cm³/mol. The second-order valence-corrected chi connectivity index (χ2v) is 4.46. The largest absolute Gasteiger partial charge is 0.344 e. The van der Waals surface area contributed by atoms with Gasteiger partial charge in [-0.25, -0.2) is 0 Å². The maximum absolute atomic E-state index is 5.01. The molecular formula is C5H12NOP. The quantitative estimate of drug-likeness (QED) is 0.423. The lowest BCUT2D eigenvalue weighted by Crippen LogP contribution is -1.83. The molecule has 0 aliphatic carbocycles. The molecule has 0 spiro atoms. The van der Waals surface area contributed by atoms with Crippen LogP contribution in [0.25, 0.3) is 0 Å². The van der Waals surface area contributed by atoms with Crippen molar-refractivity contribution in [3.8, 4) is 0 Å². The van der Waals surface area contributed by atoms with Crippen LogP contribution in [0.1, 0.15) is 6.92 Å². The molecule has 0 radical (unpaired) electrons. The van der Waals surface area contributed by atoms with Gasteiger partial charge in [0.05, 0.1) is 0 Å². The van der Waals surface area contributed by atoms with Crippen LogP contribution in [0.3, 0.4) is 0 Å². The van der Waals surface area contributed by atoms with Crippen molar-refractivity contribution >= 4 is 20.3 Å². The first-order valence-corrected chi connectivity index (χ1v) is 4.48. The van der Waals surface area contributed by atoms with E-state index < -0.39 is 7.26 Å². The molecule has 0 amide bonds. The first kappa shape index (κ1) is 7.93. The van der Waals surface area contributed by atoms with Crippen LogP contribution in [-0.4, -0.2) is 26.3 Å². The van der Waals surface area contributed by atoms with E-state index in [0.717, 1.165) is 6.16 Å².